The zero-order valence-electron chi connectivity index (χ0n) is 31.5. The van der Waals surface area contributed by atoms with Crippen LogP contribution in [-0.4, -0.2) is 0 Å². The van der Waals surface area contributed by atoms with E-state index in [9.17, 15) is 0 Å². The van der Waals surface area contributed by atoms with Crippen LogP contribution in [0.3, 0.4) is 0 Å². The molecule has 282 valence electrons. The molecule has 0 saturated carbocycles. The van der Waals surface area contributed by atoms with E-state index in [1.54, 1.807) is 36.4 Å². The zero-order valence-corrected chi connectivity index (χ0v) is 31.5. The number of rotatable bonds is 7. The summed E-state index contributed by atoms with van der Waals surface area (Å²) in [6, 6.07) is 60.3. The van der Waals surface area contributed by atoms with Crippen molar-refractivity contribution < 1.29 is 17.6 Å². The Balaban J connectivity index is 1.06. The zero-order chi connectivity index (χ0) is 40.0. The van der Waals surface area contributed by atoms with Gasteiger partial charge < -0.3 is 4.90 Å². The van der Waals surface area contributed by atoms with E-state index in [2.05, 4.69) is 35.2 Å². The van der Waals surface area contributed by atoms with Gasteiger partial charge in [-0.15, -0.1) is 0 Å². The molecular formula is C54H33F4N. The summed E-state index contributed by atoms with van der Waals surface area (Å²) in [7, 11) is 0. The minimum atomic E-state index is -1.47. The van der Waals surface area contributed by atoms with Crippen LogP contribution >= 0.6 is 0 Å². The van der Waals surface area contributed by atoms with Crippen molar-refractivity contribution in [3.05, 3.63) is 222 Å². The van der Waals surface area contributed by atoms with Gasteiger partial charge in [0.05, 0.1) is 11.1 Å². The molecule has 0 N–H and O–H groups in total. The highest BCUT2D eigenvalue weighted by Gasteiger charge is 2.29. The molecule has 0 aliphatic heterocycles. The number of nitrogens with zero attached hydrogens (tertiary/aromatic N) is 1. The summed E-state index contributed by atoms with van der Waals surface area (Å²) in [5.41, 5.74) is 3.71. The third-order valence-corrected chi connectivity index (χ3v) is 11.1. The monoisotopic (exact) mass is 771 g/mol. The molecule has 0 fully saturated rings. The van der Waals surface area contributed by atoms with Crippen molar-refractivity contribution in [1.82, 2.24) is 0 Å². The van der Waals surface area contributed by atoms with Gasteiger partial charge in [0, 0.05) is 22.6 Å². The molecule has 1 nitrogen and oxygen atoms in total. The average molecular weight is 772 g/mol. The topological polar surface area (TPSA) is 3.24 Å². The standard InChI is InChI=1S/C54H33F4N/c55-51-47(32-27-34-25-29-39(30-26-34)59(38-17-2-1-3-18-38)40-31-28-35-13-4-5-15-37(35)33-40)52(56)54(58)50(53(51)57)49-45-22-10-8-20-43(45)48(44-21-9-11-23-46(44)49)42-24-12-16-36-14-6-7-19-41(36)42/h1-33H/b32-27+. The molecular weight excluding hydrogens is 739 g/mol. The fourth-order valence-corrected chi connectivity index (χ4v) is 8.40. The van der Waals surface area contributed by atoms with Crippen molar-refractivity contribution in [2.75, 3.05) is 4.90 Å². The maximum atomic E-state index is 16.5. The molecule has 0 heterocycles. The van der Waals surface area contributed by atoms with Gasteiger partial charge in [-0.05, 0) is 102 Å². The van der Waals surface area contributed by atoms with Crippen LogP contribution in [0.4, 0.5) is 34.6 Å². The fraction of sp³-hybridized carbons (Fsp3) is 0. The molecule has 0 bridgehead atoms. The summed E-state index contributed by atoms with van der Waals surface area (Å²) in [5.74, 6) is -5.85. The minimum Gasteiger partial charge on any atom is -0.310 e. The Morgan fingerprint density at radius 1 is 0.322 bits per heavy atom. The van der Waals surface area contributed by atoms with Gasteiger partial charge in [-0.1, -0.05) is 158 Å². The van der Waals surface area contributed by atoms with Crippen LogP contribution < -0.4 is 4.90 Å². The molecule has 0 atom stereocenters. The Labute approximate surface area is 338 Å². The van der Waals surface area contributed by atoms with Gasteiger partial charge in [0.15, 0.2) is 23.3 Å². The number of hydrogen-bond acceptors (Lipinski definition) is 1. The fourth-order valence-electron chi connectivity index (χ4n) is 8.40. The summed E-state index contributed by atoms with van der Waals surface area (Å²) < 4.78 is 65.5. The first kappa shape index (κ1) is 35.9. The lowest BCUT2D eigenvalue weighted by atomic mass is 9.84. The molecule has 10 aromatic carbocycles. The molecule has 10 aromatic rings. The lowest BCUT2D eigenvalue weighted by Gasteiger charge is -2.26. The highest BCUT2D eigenvalue weighted by atomic mass is 19.2. The van der Waals surface area contributed by atoms with Crippen molar-refractivity contribution in [3.63, 3.8) is 0 Å². The molecule has 5 heteroatoms. The SMILES string of the molecule is Fc1c(F)c(-c2c3ccccc3c(-c3cccc4ccccc34)c3ccccc23)c(F)c(F)c1/C=C/c1ccc(N(c2ccccc2)c2ccc3ccccc3c2)cc1. The second-order valence-corrected chi connectivity index (χ2v) is 14.5. The molecule has 0 radical (unpaired) electrons. The number of anilines is 3. The maximum Gasteiger partial charge on any atom is 0.170 e. The van der Waals surface area contributed by atoms with E-state index in [0.717, 1.165) is 55.8 Å². The Kier molecular flexibility index (Phi) is 8.99. The molecule has 0 spiro atoms. The van der Waals surface area contributed by atoms with E-state index >= 15 is 17.6 Å². The summed E-state index contributed by atoms with van der Waals surface area (Å²) in [5, 5.41) is 6.63. The largest absolute Gasteiger partial charge is 0.310 e. The van der Waals surface area contributed by atoms with Gasteiger partial charge in [-0.25, -0.2) is 17.6 Å². The van der Waals surface area contributed by atoms with Crippen LogP contribution in [-0.2, 0) is 0 Å². The smallest absolute Gasteiger partial charge is 0.170 e. The van der Waals surface area contributed by atoms with Crippen LogP contribution in [0.5, 0.6) is 0 Å². The van der Waals surface area contributed by atoms with E-state index in [1.165, 1.54) is 6.08 Å². The van der Waals surface area contributed by atoms with Gasteiger partial charge in [0.25, 0.3) is 0 Å². The summed E-state index contributed by atoms with van der Waals surface area (Å²) in [4.78, 5) is 2.12. The first-order valence-electron chi connectivity index (χ1n) is 19.4. The maximum absolute atomic E-state index is 16.5. The van der Waals surface area contributed by atoms with Crippen molar-refractivity contribution in [2.24, 2.45) is 0 Å². The van der Waals surface area contributed by atoms with Crippen LogP contribution in [0.15, 0.2) is 188 Å². The first-order chi connectivity index (χ1) is 29.0. The molecule has 0 amide bonds. The van der Waals surface area contributed by atoms with Crippen LogP contribution in [0, 0.1) is 23.3 Å². The van der Waals surface area contributed by atoms with Crippen LogP contribution in [0.25, 0.3) is 77.5 Å². The van der Waals surface area contributed by atoms with Crippen LogP contribution in [0.1, 0.15) is 11.1 Å². The van der Waals surface area contributed by atoms with Crippen molar-refractivity contribution >= 4 is 72.3 Å². The lowest BCUT2D eigenvalue weighted by molar-refractivity contribution is 0.456. The predicted molar refractivity (Wildman–Crippen MR) is 237 cm³/mol. The van der Waals surface area contributed by atoms with E-state index in [-0.39, 0.29) is 5.56 Å². The second-order valence-electron chi connectivity index (χ2n) is 14.5. The summed E-state index contributed by atoms with van der Waals surface area (Å²) >= 11 is 0. The predicted octanol–water partition coefficient (Wildman–Crippen LogP) is 15.8. The summed E-state index contributed by atoms with van der Waals surface area (Å²) in [6.45, 7) is 0. The average Bonchev–Trinajstić information content (AvgIpc) is 3.29. The van der Waals surface area contributed by atoms with Gasteiger partial charge >= 0.3 is 0 Å². The number of halogens is 4. The number of hydrogen-bond donors (Lipinski definition) is 0. The Morgan fingerprint density at radius 2 is 0.814 bits per heavy atom. The Hall–Kier alpha value is -7.50. The number of para-hydroxylation sites is 1. The third kappa shape index (κ3) is 6.19. The first-order valence-corrected chi connectivity index (χ1v) is 19.4. The van der Waals surface area contributed by atoms with Crippen molar-refractivity contribution in [1.29, 1.82) is 0 Å². The molecule has 10 rings (SSSR count). The Bertz CT molecular complexity index is 3170. The lowest BCUT2D eigenvalue weighted by Crippen LogP contribution is -2.09. The molecule has 0 unspecified atom stereocenters. The van der Waals surface area contributed by atoms with Gasteiger partial charge in [-0.2, -0.15) is 0 Å². The normalized spacial score (nSPS) is 11.7. The third-order valence-electron chi connectivity index (χ3n) is 11.1. The second kappa shape index (κ2) is 14.8. The van der Waals surface area contributed by atoms with E-state index in [1.807, 2.05) is 121 Å². The van der Waals surface area contributed by atoms with E-state index in [4.69, 9.17) is 0 Å². The molecule has 59 heavy (non-hydrogen) atoms. The quantitative estimate of drug-likeness (QED) is 0.0675. The molecule has 0 aromatic heterocycles. The molecule has 0 aliphatic rings. The number of fused-ring (bicyclic) bond motifs is 4. The van der Waals surface area contributed by atoms with E-state index < -0.39 is 34.4 Å². The Morgan fingerprint density at radius 3 is 1.46 bits per heavy atom. The molecule has 0 aliphatic carbocycles. The van der Waals surface area contributed by atoms with Gasteiger partial charge in [-0.3, -0.25) is 0 Å². The van der Waals surface area contributed by atoms with Crippen molar-refractivity contribution in [3.8, 4) is 22.3 Å². The van der Waals surface area contributed by atoms with Crippen LogP contribution in [0.2, 0.25) is 0 Å². The van der Waals surface area contributed by atoms with Gasteiger partial charge in [0.2, 0.25) is 0 Å². The molecule has 0 saturated heterocycles. The number of benzene rings is 10. The highest BCUT2D eigenvalue weighted by molar-refractivity contribution is 6.23. The van der Waals surface area contributed by atoms with Crippen molar-refractivity contribution in [2.45, 2.75) is 0 Å². The highest BCUT2D eigenvalue weighted by Crippen LogP contribution is 2.47. The van der Waals surface area contributed by atoms with Gasteiger partial charge in [0.1, 0.15) is 0 Å². The minimum absolute atomic E-state index is 0.0912. The van der Waals surface area contributed by atoms with E-state index in [0.29, 0.717) is 27.1 Å². The summed E-state index contributed by atoms with van der Waals surface area (Å²) in [6.07, 6.45) is 2.55.